The Morgan fingerprint density at radius 3 is 2.84 bits per heavy atom. The van der Waals surface area contributed by atoms with Crippen molar-refractivity contribution in [1.82, 2.24) is 14.8 Å². The van der Waals surface area contributed by atoms with Crippen molar-refractivity contribution in [3.05, 3.63) is 44.7 Å². The third-order valence-electron chi connectivity index (χ3n) is 3.16. The summed E-state index contributed by atoms with van der Waals surface area (Å²) < 4.78 is 6.53. The van der Waals surface area contributed by atoms with Gasteiger partial charge in [0.25, 0.3) is 5.56 Å². The summed E-state index contributed by atoms with van der Waals surface area (Å²) in [5.74, 6) is -0.422. The molecule has 4 N–H and O–H groups in total. The number of H-pyrrole nitrogens is 2. The number of oxazole rings is 1. The number of nitrogens with two attached hydrogens (primary N) is 1. The molecule has 7 heteroatoms. The van der Waals surface area contributed by atoms with Crippen LogP contribution in [0.15, 0.2) is 32.2 Å². The van der Waals surface area contributed by atoms with E-state index in [4.69, 9.17) is 10.2 Å². The number of nitrogens with one attached hydrogen (secondary N) is 2. The van der Waals surface area contributed by atoms with Gasteiger partial charge in [0.05, 0.1) is 16.8 Å². The molecule has 3 rings (SSSR count). The number of fused-ring (bicyclic) bond motifs is 1. The van der Waals surface area contributed by atoms with Crippen molar-refractivity contribution in [3.63, 3.8) is 0 Å². The van der Waals surface area contributed by atoms with Crippen molar-refractivity contribution in [2.75, 3.05) is 0 Å². The maximum atomic E-state index is 11.5. The van der Waals surface area contributed by atoms with E-state index >= 15 is 0 Å². The molecule has 0 aliphatic heterocycles. The maximum absolute atomic E-state index is 11.5. The number of benzene rings is 1. The minimum Gasteiger partial charge on any atom is -0.408 e. The molecule has 2 aromatic heterocycles. The van der Waals surface area contributed by atoms with Crippen LogP contribution in [0.25, 0.3) is 22.4 Å². The van der Waals surface area contributed by atoms with Gasteiger partial charge in [0.2, 0.25) is 0 Å². The molecule has 19 heavy (non-hydrogen) atoms. The predicted molar refractivity (Wildman–Crippen MR) is 69.8 cm³/mol. The average Bonchev–Trinajstić information content (AvgIpc) is 2.90. The van der Waals surface area contributed by atoms with E-state index in [0.29, 0.717) is 22.4 Å². The van der Waals surface area contributed by atoms with Gasteiger partial charge in [-0.05, 0) is 12.1 Å². The molecule has 0 fully saturated rings. The molecular formula is C12H12N4O3. The molecule has 2 heterocycles. The Labute approximate surface area is 106 Å². The highest BCUT2D eigenvalue weighted by atomic mass is 16.4. The van der Waals surface area contributed by atoms with Crippen LogP contribution in [-0.2, 0) is 13.6 Å². The van der Waals surface area contributed by atoms with E-state index in [0.717, 1.165) is 5.56 Å². The smallest absolute Gasteiger partial charge is 0.408 e. The number of hydrogen-bond acceptors (Lipinski definition) is 4. The Bertz CT molecular complexity index is 865. The molecule has 0 aliphatic carbocycles. The van der Waals surface area contributed by atoms with Gasteiger partial charge in [-0.1, -0.05) is 6.07 Å². The van der Waals surface area contributed by atoms with E-state index in [1.807, 2.05) is 0 Å². The summed E-state index contributed by atoms with van der Waals surface area (Å²) in [6.45, 7) is 0.130. The van der Waals surface area contributed by atoms with Gasteiger partial charge in [-0.3, -0.25) is 19.6 Å². The number of rotatable bonds is 2. The molecule has 0 atom stereocenters. The second-order valence-corrected chi connectivity index (χ2v) is 4.25. The van der Waals surface area contributed by atoms with Crippen LogP contribution in [0, 0.1) is 0 Å². The second kappa shape index (κ2) is 3.99. The van der Waals surface area contributed by atoms with Gasteiger partial charge in [0.1, 0.15) is 0 Å². The third kappa shape index (κ3) is 1.63. The first-order valence-corrected chi connectivity index (χ1v) is 5.71. The monoisotopic (exact) mass is 260 g/mol. The second-order valence-electron chi connectivity index (χ2n) is 4.25. The molecule has 0 bridgehead atoms. The summed E-state index contributed by atoms with van der Waals surface area (Å²) in [6, 6.07) is 5.27. The Hall–Kier alpha value is -2.54. The van der Waals surface area contributed by atoms with E-state index in [1.54, 1.807) is 25.2 Å². The zero-order valence-electron chi connectivity index (χ0n) is 10.2. The van der Waals surface area contributed by atoms with E-state index in [-0.39, 0.29) is 12.1 Å². The first-order chi connectivity index (χ1) is 9.11. The molecule has 0 saturated heterocycles. The van der Waals surface area contributed by atoms with Crippen LogP contribution in [0.2, 0.25) is 0 Å². The van der Waals surface area contributed by atoms with Crippen molar-refractivity contribution in [2.24, 2.45) is 12.8 Å². The van der Waals surface area contributed by atoms with Crippen LogP contribution in [0.1, 0.15) is 5.56 Å². The molecule has 0 aliphatic rings. The van der Waals surface area contributed by atoms with E-state index < -0.39 is 5.76 Å². The minimum absolute atomic E-state index is 0.130. The highest BCUT2D eigenvalue weighted by molar-refractivity contribution is 5.80. The highest BCUT2D eigenvalue weighted by Gasteiger charge is 2.13. The zero-order chi connectivity index (χ0) is 13.6. The molecule has 3 aromatic rings. The third-order valence-corrected chi connectivity index (χ3v) is 3.16. The number of aryl methyl sites for hydroxylation is 1. The van der Waals surface area contributed by atoms with Gasteiger partial charge in [0, 0.05) is 19.2 Å². The summed E-state index contributed by atoms with van der Waals surface area (Å²) in [5.41, 5.74) is 8.29. The van der Waals surface area contributed by atoms with E-state index in [9.17, 15) is 9.59 Å². The molecule has 0 unspecified atom stereocenters. The molecule has 0 saturated carbocycles. The summed E-state index contributed by atoms with van der Waals surface area (Å²) in [7, 11) is 1.64. The summed E-state index contributed by atoms with van der Waals surface area (Å²) in [4.78, 5) is 22.9. The van der Waals surface area contributed by atoms with Crippen LogP contribution in [0.4, 0.5) is 0 Å². The molecule has 98 valence electrons. The molecular weight excluding hydrogens is 248 g/mol. The summed E-state index contributed by atoms with van der Waals surface area (Å²) in [6.07, 6.45) is 0. The van der Waals surface area contributed by atoms with Crippen molar-refractivity contribution < 1.29 is 4.42 Å². The van der Waals surface area contributed by atoms with Crippen LogP contribution < -0.4 is 17.0 Å². The lowest BCUT2D eigenvalue weighted by molar-refractivity contribution is 0.528. The topological polar surface area (TPSA) is 110 Å². The molecule has 7 nitrogen and oxygen atoms in total. The van der Waals surface area contributed by atoms with Gasteiger partial charge in [-0.25, -0.2) is 4.79 Å². The van der Waals surface area contributed by atoms with Gasteiger partial charge < -0.3 is 10.2 Å². The van der Waals surface area contributed by atoms with Crippen molar-refractivity contribution in [1.29, 1.82) is 0 Å². The fraction of sp³-hybridized carbons (Fsp3) is 0.167. The Kier molecular flexibility index (Phi) is 2.42. The Balaban J connectivity index is 2.26. The predicted octanol–water partition coefficient (Wildman–Crippen LogP) is 0.274. The standard InChI is InChI=1S/C12H12N4O3/c1-16-8-3-2-6(4-9(8)19-12(16)18)10-7(5-13)11(17)15-14-10/h2-4H,5,13H2,1H3,(H2,14,15,17). The number of aromatic amines is 2. The number of aromatic nitrogens is 3. The van der Waals surface area contributed by atoms with Crippen LogP contribution in [0.3, 0.4) is 0 Å². The number of hydrogen-bond donors (Lipinski definition) is 3. The Morgan fingerprint density at radius 1 is 1.32 bits per heavy atom. The lowest BCUT2D eigenvalue weighted by atomic mass is 10.1. The average molecular weight is 260 g/mol. The summed E-state index contributed by atoms with van der Waals surface area (Å²) >= 11 is 0. The quantitative estimate of drug-likeness (QED) is 0.614. The lowest BCUT2D eigenvalue weighted by Crippen LogP contribution is -2.10. The number of nitrogens with zero attached hydrogens (tertiary/aromatic N) is 1. The lowest BCUT2D eigenvalue weighted by Gasteiger charge is -2.00. The van der Waals surface area contributed by atoms with E-state index in [2.05, 4.69) is 10.2 Å². The Morgan fingerprint density at radius 2 is 2.11 bits per heavy atom. The normalized spacial score (nSPS) is 11.3. The van der Waals surface area contributed by atoms with Crippen LogP contribution in [-0.4, -0.2) is 14.8 Å². The van der Waals surface area contributed by atoms with Crippen molar-refractivity contribution >= 4 is 11.1 Å². The summed E-state index contributed by atoms with van der Waals surface area (Å²) in [5, 5.41) is 5.28. The van der Waals surface area contributed by atoms with Gasteiger partial charge in [-0.2, -0.15) is 0 Å². The molecule has 0 radical (unpaired) electrons. The molecule has 1 aromatic carbocycles. The van der Waals surface area contributed by atoms with Gasteiger partial charge >= 0.3 is 5.76 Å². The fourth-order valence-corrected chi connectivity index (χ4v) is 2.11. The first kappa shape index (κ1) is 11.5. The first-order valence-electron chi connectivity index (χ1n) is 5.71. The van der Waals surface area contributed by atoms with Crippen LogP contribution >= 0.6 is 0 Å². The molecule has 0 amide bonds. The van der Waals surface area contributed by atoms with E-state index in [1.165, 1.54) is 4.57 Å². The zero-order valence-corrected chi connectivity index (χ0v) is 10.2. The molecule has 0 spiro atoms. The van der Waals surface area contributed by atoms with Gasteiger partial charge in [0.15, 0.2) is 5.58 Å². The van der Waals surface area contributed by atoms with Gasteiger partial charge in [-0.15, -0.1) is 0 Å². The fourth-order valence-electron chi connectivity index (χ4n) is 2.11. The minimum atomic E-state index is -0.422. The SMILES string of the molecule is Cn1c(=O)oc2cc(-c3[nH][nH]c(=O)c3CN)ccc21. The van der Waals surface area contributed by atoms with Crippen molar-refractivity contribution in [3.8, 4) is 11.3 Å². The largest absolute Gasteiger partial charge is 0.419 e. The highest BCUT2D eigenvalue weighted by Crippen LogP contribution is 2.23. The van der Waals surface area contributed by atoms with Crippen molar-refractivity contribution in [2.45, 2.75) is 6.54 Å². The van der Waals surface area contributed by atoms with Crippen LogP contribution in [0.5, 0.6) is 0 Å². The maximum Gasteiger partial charge on any atom is 0.419 e.